The molecule has 0 fully saturated rings. The summed E-state index contributed by atoms with van der Waals surface area (Å²) >= 11 is 2.89. The molecule has 0 saturated heterocycles. The second-order valence-electron chi connectivity index (χ2n) is 5.28. The minimum absolute atomic E-state index is 0.193. The fourth-order valence-corrected chi connectivity index (χ4v) is 3.66. The van der Waals surface area contributed by atoms with Crippen molar-refractivity contribution in [2.45, 2.75) is 24.4 Å². The van der Waals surface area contributed by atoms with Crippen LogP contribution in [0.25, 0.3) is 0 Å². The van der Waals surface area contributed by atoms with Gasteiger partial charge < -0.3 is 9.88 Å². The van der Waals surface area contributed by atoms with Crippen LogP contribution in [-0.2, 0) is 19.3 Å². The van der Waals surface area contributed by atoms with E-state index >= 15 is 0 Å². The zero-order valence-electron chi connectivity index (χ0n) is 13.4. The van der Waals surface area contributed by atoms with E-state index in [2.05, 4.69) is 20.5 Å². The number of nitrogens with one attached hydrogen (secondary N) is 1. The van der Waals surface area contributed by atoms with Crippen LogP contribution in [0.1, 0.15) is 25.9 Å². The molecular formula is C16H17N5OS2. The molecular weight excluding hydrogens is 342 g/mol. The van der Waals surface area contributed by atoms with Gasteiger partial charge >= 0.3 is 0 Å². The third kappa shape index (κ3) is 4.21. The van der Waals surface area contributed by atoms with Gasteiger partial charge in [-0.15, -0.1) is 10.2 Å². The van der Waals surface area contributed by atoms with Crippen LogP contribution in [0.15, 0.2) is 41.8 Å². The van der Waals surface area contributed by atoms with E-state index in [0.717, 1.165) is 15.7 Å². The molecule has 1 N–H and O–H groups in total. The number of thioether (sulfide) groups is 1. The number of carbonyl (C=O) groups is 1. The lowest BCUT2D eigenvalue weighted by atomic mass is 10.1. The van der Waals surface area contributed by atoms with Gasteiger partial charge in [0.2, 0.25) is 5.01 Å². The molecule has 1 aromatic carbocycles. The molecule has 1 amide bonds. The van der Waals surface area contributed by atoms with Crippen LogP contribution in [0.2, 0.25) is 0 Å². The highest BCUT2D eigenvalue weighted by Crippen LogP contribution is 2.22. The number of hydrogen-bond donors (Lipinski definition) is 1. The molecule has 0 spiro atoms. The van der Waals surface area contributed by atoms with Gasteiger partial charge in [0.15, 0.2) is 5.16 Å². The molecule has 124 valence electrons. The molecule has 0 radical (unpaired) electrons. The molecule has 2 aromatic heterocycles. The van der Waals surface area contributed by atoms with Gasteiger partial charge in [-0.25, -0.2) is 4.98 Å². The van der Waals surface area contributed by atoms with Crippen LogP contribution in [0.3, 0.4) is 0 Å². The fourth-order valence-electron chi connectivity index (χ4n) is 1.98. The molecule has 8 heteroatoms. The molecule has 0 saturated carbocycles. The van der Waals surface area contributed by atoms with E-state index in [1.807, 2.05) is 49.0 Å². The lowest BCUT2D eigenvalue weighted by Crippen LogP contribution is -2.22. The predicted octanol–water partition coefficient (Wildman–Crippen LogP) is 2.80. The number of aryl methyl sites for hydroxylation is 2. The van der Waals surface area contributed by atoms with Crippen molar-refractivity contribution >= 4 is 29.0 Å². The number of hydrogen-bond acceptors (Lipinski definition) is 6. The molecule has 0 unspecified atom stereocenters. The van der Waals surface area contributed by atoms with E-state index in [9.17, 15) is 4.79 Å². The highest BCUT2D eigenvalue weighted by Gasteiger charge is 2.13. The zero-order chi connectivity index (χ0) is 16.9. The van der Waals surface area contributed by atoms with Crippen molar-refractivity contribution in [1.29, 1.82) is 0 Å². The van der Waals surface area contributed by atoms with Crippen LogP contribution < -0.4 is 5.32 Å². The summed E-state index contributed by atoms with van der Waals surface area (Å²) in [6.07, 6.45) is 3.65. The minimum atomic E-state index is -0.193. The smallest absolute Gasteiger partial charge is 0.282 e. The van der Waals surface area contributed by atoms with Gasteiger partial charge in [-0.1, -0.05) is 52.9 Å². The Bertz CT molecular complexity index is 825. The number of nitrogens with zero attached hydrogens (tertiary/aromatic N) is 4. The van der Waals surface area contributed by atoms with Gasteiger partial charge in [-0.05, 0) is 12.5 Å². The fraction of sp³-hybridized carbons (Fsp3) is 0.250. The van der Waals surface area contributed by atoms with Crippen molar-refractivity contribution in [3.63, 3.8) is 0 Å². The van der Waals surface area contributed by atoms with E-state index in [0.29, 0.717) is 17.3 Å². The summed E-state index contributed by atoms with van der Waals surface area (Å²) in [5, 5.41) is 13.0. The maximum absolute atomic E-state index is 12.2. The van der Waals surface area contributed by atoms with Crippen LogP contribution in [0.4, 0.5) is 0 Å². The second-order valence-corrected chi connectivity index (χ2v) is 7.28. The van der Waals surface area contributed by atoms with Crippen LogP contribution in [-0.4, -0.2) is 25.7 Å². The Balaban J connectivity index is 1.53. The summed E-state index contributed by atoms with van der Waals surface area (Å²) < 4.78 is 1.95. The van der Waals surface area contributed by atoms with Crippen LogP contribution in [0.5, 0.6) is 0 Å². The average molecular weight is 359 g/mol. The molecule has 0 bridgehead atoms. The Labute approximate surface area is 148 Å². The number of benzene rings is 1. The Morgan fingerprint density at radius 1 is 1.29 bits per heavy atom. The van der Waals surface area contributed by atoms with E-state index in [1.165, 1.54) is 16.9 Å². The quantitative estimate of drug-likeness (QED) is 0.685. The van der Waals surface area contributed by atoms with Gasteiger partial charge in [-0.2, -0.15) is 0 Å². The molecule has 3 aromatic rings. The highest BCUT2D eigenvalue weighted by molar-refractivity contribution is 7.98. The maximum Gasteiger partial charge on any atom is 0.282 e. The number of rotatable bonds is 6. The Hall–Kier alpha value is -2.19. The molecule has 6 nitrogen and oxygen atoms in total. The van der Waals surface area contributed by atoms with Crippen molar-refractivity contribution in [1.82, 2.24) is 25.1 Å². The topological polar surface area (TPSA) is 72.7 Å². The van der Waals surface area contributed by atoms with Crippen molar-refractivity contribution < 1.29 is 4.79 Å². The van der Waals surface area contributed by atoms with Gasteiger partial charge in [0.05, 0.1) is 5.75 Å². The van der Waals surface area contributed by atoms with Crippen molar-refractivity contribution in [3.8, 4) is 0 Å². The second kappa shape index (κ2) is 7.59. The SMILES string of the molecule is Cc1ccc(CNC(=O)c2nnc(CSc3nccn3C)s2)cc1. The van der Waals surface area contributed by atoms with Crippen molar-refractivity contribution in [2.75, 3.05) is 0 Å². The first-order chi connectivity index (χ1) is 11.6. The van der Waals surface area contributed by atoms with Crippen LogP contribution in [0, 0.1) is 6.92 Å². The summed E-state index contributed by atoms with van der Waals surface area (Å²) in [5.41, 5.74) is 2.26. The lowest BCUT2D eigenvalue weighted by molar-refractivity contribution is 0.0950. The van der Waals surface area contributed by atoms with Crippen molar-refractivity contribution in [3.05, 3.63) is 57.8 Å². The normalized spacial score (nSPS) is 10.8. The summed E-state index contributed by atoms with van der Waals surface area (Å²) in [4.78, 5) is 16.4. The zero-order valence-corrected chi connectivity index (χ0v) is 15.0. The first kappa shape index (κ1) is 16.7. The van der Waals surface area contributed by atoms with E-state index in [4.69, 9.17) is 0 Å². The van der Waals surface area contributed by atoms with E-state index < -0.39 is 0 Å². The molecule has 0 aliphatic carbocycles. The summed E-state index contributed by atoms with van der Waals surface area (Å²) in [5.74, 6) is 0.453. The lowest BCUT2D eigenvalue weighted by Gasteiger charge is -2.03. The monoisotopic (exact) mass is 359 g/mol. The largest absolute Gasteiger partial charge is 0.346 e. The molecule has 0 atom stereocenters. The summed E-state index contributed by atoms with van der Waals surface area (Å²) in [6, 6.07) is 8.06. The number of carbonyl (C=O) groups excluding carboxylic acids is 1. The van der Waals surface area contributed by atoms with Crippen molar-refractivity contribution in [2.24, 2.45) is 7.05 Å². The average Bonchev–Trinajstić information content (AvgIpc) is 3.21. The molecule has 24 heavy (non-hydrogen) atoms. The minimum Gasteiger partial charge on any atom is -0.346 e. The third-order valence-electron chi connectivity index (χ3n) is 3.34. The maximum atomic E-state index is 12.2. The van der Waals surface area contributed by atoms with E-state index in [1.54, 1.807) is 18.0 Å². The highest BCUT2D eigenvalue weighted by atomic mass is 32.2. The number of aromatic nitrogens is 4. The Morgan fingerprint density at radius 2 is 2.08 bits per heavy atom. The number of amides is 1. The molecule has 0 aliphatic rings. The first-order valence-electron chi connectivity index (χ1n) is 7.38. The van der Waals surface area contributed by atoms with E-state index in [-0.39, 0.29) is 5.91 Å². The number of imidazole rings is 1. The van der Waals surface area contributed by atoms with Gasteiger partial charge in [0, 0.05) is 26.0 Å². The summed E-state index contributed by atoms with van der Waals surface area (Å²) in [6.45, 7) is 2.52. The Kier molecular flexibility index (Phi) is 5.27. The molecule has 3 rings (SSSR count). The van der Waals surface area contributed by atoms with Crippen LogP contribution >= 0.6 is 23.1 Å². The third-order valence-corrected chi connectivity index (χ3v) is 5.51. The molecule has 2 heterocycles. The van der Waals surface area contributed by atoms with Gasteiger partial charge in [0.1, 0.15) is 5.01 Å². The van der Waals surface area contributed by atoms with Gasteiger partial charge in [-0.3, -0.25) is 4.79 Å². The molecule has 0 aliphatic heterocycles. The van der Waals surface area contributed by atoms with Gasteiger partial charge in [0.25, 0.3) is 5.91 Å². The first-order valence-corrected chi connectivity index (χ1v) is 9.18. The standard InChI is InChI=1S/C16H17N5OS2/c1-11-3-5-12(6-4-11)9-18-14(22)15-20-19-13(24-15)10-23-16-17-7-8-21(16)2/h3-8H,9-10H2,1-2H3,(H,18,22). The predicted molar refractivity (Wildman–Crippen MR) is 95.0 cm³/mol. The Morgan fingerprint density at radius 3 is 2.79 bits per heavy atom. The summed E-state index contributed by atoms with van der Waals surface area (Å²) in [7, 11) is 1.94.